The highest BCUT2D eigenvalue weighted by Gasteiger charge is 2.47. The second-order valence-electron chi connectivity index (χ2n) is 3.24. The van der Waals surface area contributed by atoms with E-state index in [0.717, 1.165) is 0 Å². The van der Waals surface area contributed by atoms with Crippen molar-refractivity contribution in [3.8, 4) is 0 Å². The maximum atomic E-state index is 10.7. The Morgan fingerprint density at radius 3 is 2.79 bits per heavy atom. The highest BCUT2D eigenvalue weighted by atomic mass is 17.1. The van der Waals surface area contributed by atoms with E-state index in [1.54, 1.807) is 13.8 Å². The monoisotopic (exact) mass is 203 g/mol. The molecule has 0 saturated carbocycles. The number of nitrogens with zero attached hydrogens (tertiary/aromatic N) is 1. The van der Waals surface area contributed by atoms with Crippen LogP contribution in [-0.2, 0) is 19.3 Å². The normalized spacial score (nSPS) is 26.6. The summed E-state index contributed by atoms with van der Waals surface area (Å²) in [5.41, 5.74) is -0.925. The van der Waals surface area contributed by atoms with Crippen molar-refractivity contribution in [2.45, 2.75) is 25.8 Å². The van der Waals surface area contributed by atoms with Crippen molar-refractivity contribution in [1.29, 1.82) is 0 Å². The molecule has 0 bridgehead atoms. The summed E-state index contributed by atoms with van der Waals surface area (Å²) in [7, 11) is 1.29. The predicted molar refractivity (Wildman–Crippen MR) is 45.7 cm³/mol. The van der Waals surface area contributed by atoms with E-state index in [1.807, 2.05) is 0 Å². The minimum atomic E-state index is -0.925. The van der Waals surface area contributed by atoms with Crippen molar-refractivity contribution in [2.75, 3.05) is 7.11 Å². The summed E-state index contributed by atoms with van der Waals surface area (Å²) in [5.74, 6) is -0.455. The van der Waals surface area contributed by atoms with Crippen LogP contribution in [-0.4, -0.2) is 35.4 Å². The van der Waals surface area contributed by atoms with E-state index < -0.39 is 11.7 Å². The van der Waals surface area contributed by atoms with E-state index in [0.29, 0.717) is 0 Å². The molecule has 2 atom stereocenters. The van der Waals surface area contributed by atoms with Gasteiger partial charge in [-0.15, -0.1) is 5.06 Å². The van der Waals surface area contributed by atoms with Crippen LogP contribution in [0.2, 0.25) is 0 Å². The molecule has 0 aromatic carbocycles. The number of esters is 1. The number of hydroxylamine groups is 2. The predicted octanol–water partition coefficient (Wildman–Crippen LogP) is 0.515. The number of rotatable bonds is 4. The summed E-state index contributed by atoms with van der Waals surface area (Å²) in [6.45, 7) is 3.25. The molecule has 1 aliphatic rings. The second kappa shape index (κ2) is 4.05. The molecule has 1 rings (SSSR count). The molecule has 0 spiro atoms. The van der Waals surface area contributed by atoms with Crippen molar-refractivity contribution in [3.63, 3.8) is 0 Å². The summed E-state index contributed by atoms with van der Waals surface area (Å²) < 4.78 is 4.40. The van der Waals surface area contributed by atoms with Gasteiger partial charge in [0.15, 0.2) is 12.0 Å². The number of carbonyl (C=O) groups is 1. The Morgan fingerprint density at radius 2 is 2.29 bits per heavy atom. The van der Waals surface area contributed by atoms with E-state index in [4.69, 9.17) is 10.1 Å². The Hall–Kier alpha value is -0.950. The zero-order valence-corrected chi connectivity index (χ0v) is 8.26. The zero-order valence-electron chi connectivity index (χ0n) is 8.26. The van der Waals surface area contributed by atoms with Gasteiger partial charge in [-0.2, -0.15) is 0 Å². The van der Waals surface area contributed by atoms with Crippen molar-refractivity contribution < 1.29 is 24.5 Å². The molecule has 1 fully saturated rings. The number of methoxy groups -OCH3 is 1. The Kier molecular flexibility index (Phi) is 3.22. The second-order valence-corrected chi connectivity index (χ2v) is 3.24. The number of hydrogen-bond acceptors (Lipinski definition) is 6. The lowest BCUT2D eigenvalue weighted by Gasteiger charge is -2.18. The summed E-state index contributed by atoms with van der Waals surface area (Å²) in [5, 5.41) is 9.90. The molecule has 1 aliphatic heterocycles. The third kappa shape index (κ3) is 2.52. The molecule has 2 unspecified atom stereocenters. The first-order chi connectivity index (χ1) is 6.51. The molecule has 1 N–H and O–H groups in total. The van der Waals surface area contributed by atoms with Gasteiger partial charge in [0, 0.05) is 6.08 Å². The quantitative estimate of drug-likeness (QED) is 0.236. The molecular weight excluding hydrogens is 190 g/mol. The molecule has 0 aliphatic carbocycles. The van der Waals surface area contributed by atoms with Crippen molar-refractivity contribution in [3.05, 3.63) is 12.2 Å². The van der Waals surface area contributed by atoms with E-state index in [1.165, 1.54) is 24.3 Å². The zero-order chi connectivity index (χ0) is 10.8. The molecule has 1 heterocycles. The van der Waals surface area contributed by atoms with Gasteiger partial charge in [0.1, 0.15) is 0 Å². The average molecular weight is 203 g/mol. The first-order valence-electron chi connectivity index (χ1n) is 4.06. The molecular formula is C8H13NO5. The van der Waals surface area contributed by atoms with Gasteiger partial charge in [0.05, 0.1) is 7.11 Å². The van der Waals surface area contributed by atoms with Gasteiger partial charge in [-0.25, -0.2) is 14.9 Å². The van der Waals surface area contributed by atoms with E-state index in [2.05, 4.69) is 9.62 Å². The molecule has 0 aromatic rings. The maximum Gasteiger partial charge on any atom is 0.330 e. The third-order valence-corrected chi connectivity index (χ3v) is 1.76. The molecule has 6 heteroatoms. The minimum Gasteiger partial charge on any atom is -0.466 e. The van der Waals surface area contributed by atoms with E-state index in [-0.39, 0.29) is 6.23 Å². The van der Waals surface area contributed by atoms with Crippen molar-refractivity contribution in [1.82, 2.24) is 5.06 Å². The fourth-order valence-electron chi connectivity index (χ4n) is 0.905. The topological polar surface area (TPSA) is 71.3 Å². The largest absolute Gasteiger partial charge is 0.466 e. The molecule has 0 amide bonds. The Balaban J connectivity index is 2.40. The standard InChI is InChI=1S/C8H13NO5/c1-8(2,14-11)9-6(13-9)4-5-7(10)12-3/h4-6,11H,1-3H3/b5-4-. The lowest BCUT2D eigenvalue weighted by atomic mass is 10.3. The molecule has 14 heavy (non-hydrogen) atoms. The van der Waals surface area contributed by atoms with Crippen LogP contribution in [0, 0.1) is 0 Å². The molecule has 0 radical (unpaired) electrons. The van der Waals surface area contributed by atoms with Gasteiger partial charge in [0.2, 0.25) is 0 Å². The van der Waals surface area contributed by atoms with E-state index >= 15 is 0 Å². The lowest BCUT2D eigenvalue weighted by Crippen LogP contribution is -2.33. The van der Waals surface area contributed by atoms with Gasteiger partial charge < -0.3 is 4.74 Å². The van der Waals surface area contributed by atoms with Gasteiger partial charge in [-0.3, -0.25) is 4.84 Å². The molecule has 80 valence electrons. The lowest BCUT2D eigenvalue weighted by molar-refractivity contribution is -0.353. The minimum absolute atomic E-state index is 0.365. The van der Waals surface area contributed by atoms with Crippen molar-refractivity contribution >= 4 is 5.97 Å². The first-order valence-corrected chi connectivity index (χ1v) is 4.06. The van der Waals surface area contributed by atoms with Crippen LogP contribution in [0.25, 0.3) is 0 Å². The van der Waals surface area contributed by atoms with Gasteiger partial charge in [-0.1, -0.05) is 0 Å². The van der Waals surface area contributed by atoms with Gasteiger partial charge in [-0.05, 0) is 19.9 Å². The summed E-state index contributed by atoms with van der Waals surface area (Å²) in [6, 6.07) is 0. The molecule has 1 saturated heterocycles. The van der Waals surface area contributed by atoms with Crippen LogP contribution in [0.3, 0.4) is 0 Å². The van der Waals surface area contributed by atoms with Crippen LogP contribution < -0.4 is 0 Å². The van der Waals surface area contributed by atoms with Crippen LogP contribution in [0.5, 0.6) is 0 Å². The Bertz CT molecular complexity index is 250. The average Bonchev–Trinajstić information content (AvgIpc) is 2.94. The van der Waals surface area contributed by atoms with Crippen molar-refractivity contribution in [2.24, 2.45) is 0 Å². The number of hydrogen-bond donors (Lipinski definition) is 1. The fraction of sp³-hybridized carbons (Fsp3) is 0.625. The smallest absolute Gasteiger partial charge is 0.330 e. The highest BCUT2D eigenvalue weighted by molar-refractivity contribution is 5.81. The van der Waals surface area contributed by atoms with Gasteiger partial charge in [0.25, 0.3) is 0 Å². The van der Waals surface area contributed by atoms with Crippen LogP contribution in [0.1, 0.15) is 13.8 Å². The van der Waals surface area contributed by atoms with Crippen LogP contribution in [0.4, 0.5) is 0 Å². The fourth-order valence-corrected chi connectivity index (χ4v) is 0.905. The molecule has 0 aromatic heterocycles. The maximum absolute atomic E-state index is 10.7. The molecule has 6 nitrogen and oxygen atoms in total. The summed E-state index contributed by atoms with van der Waals surface area (Å²) in [6.07, 6.45) is 2.39. The third-order valence-electron chi connectivity index (χ3n) is 1.76. The first kappa shape index (κ1) is 11.1. The van der Waals surface area contributed by atoms with E-state index in [9.17, 15) is 4.79 Å². The Morgan fingerprint density at radius 1 is 1.64 bits per heavy atom. The highest BCUT2D eigenvalue weighted by Crippen LogP contribution is 2.32. The summed E-state index contributed by atoms with van der Waals surface area (Å²) >= 11 is 0. The van der Waals surface area contributed by atoms with Crippen LogP contribution in [0.15, 0.2) is 12.2 Å². The number of ether oxygens (including phenoxy) is 1. The van der Waals surface area contributed by atoms with Gasteiger partial charge >= 0.3 is 5.97 Å². The SMILES string of the molecule is COC(=O)/C=C\C1ON1C(C)(C)OO. The summed E-state index contributed by atoms with van der Waals surface area (Å²) in [4.78, 5) is 19.9. The Labute approximate surface area is 81.5 Å². The van der Waals surface area contributed by atoms with Crippen LogP contribution >= 0.6 is 0 Å². The number of carbonyl (C=O) groups excluding carboxylic acids is 1.